The molecule has 0 unspecified atom stereocenters. The first kappa shape index (κ1) is 34.6. The summed E-state index contributed by atoms with van der Waals surface area (Å²) < 4.78 is 20.7. The van der Waals surface area contributed by atoms with Gasteiger partial charge < -0.3 is 30.5 Å². The van der Waals surface area contributed by atoms with E-state index in [2.05, 4.69) is 21.3 Å². The van der Waals surface area contributed by atoms with Crippen molar-refractivity contribution in [3.8, 4) is 5.75 Å². The smallest absolute Gasteiger partial charge is 0.336 e. The summed E-state index contributed by atoms with van der Waals surface area (Å²) in [5.41, 5.74) is -0.874. The molecule has 12 nitrogen and oxygen atoms in total. The number of halogens is 1. The van der Waals surface area contributed by atoms with Crippen molar-refractivity contribution in [2.24, 2.45) is 0 Å². The average molecular weight is 626 g/mol. The van der Waals surface area contributed by atoms with Gasteiger partial charge in [0.15, 0.2) is 5.60 Å². The van der Waals surface area contributed by atoms with E-state index in [1.807, 2.05) is 42.5 Å². The number of aliphatic carboxylic acids is 3. The second kappa shape index (κ2) is 15.7. The van der Waals surface area contributed by atoms with Gasteiger partial charge >= 0.3 is 17.9 Å². The zero-order chi connectivity index (χ0) is 33.0. The quantitative estimate of drug-likeness (QED) is 0.199. The largest absolute Gasteiger partial charge is 0.487 e. The number of carboxylic acids is 3. The second-order valence-corrected chi connectivity index (χ2v) is 10.7. The van der Waals surface area contributed by atoms with Gasteiger partial charge in [-0.05, 0) is 37.1 Å². The summed E-state index contributed by atoms with van der Waals surface area (Å²) in [5.74, 6) is -4.60. The Morgan fingerprint density at radius 1 is 0.933 bits per heavy atom. The van der Waals surface area contributed by atoms with E-state index >= 15 is 0 Å². The van der Waals surface area contributed by atoms with Crippen molar-refractivity contribution in [1.82, 2.24) is 15.2 Å². The van der Waals surface area contributed by atoms with Gasteiger partial charge in [0.1, 0.15) is 18.2 Å². The van der Waals surface area contributed by atoms with Crippen LogP contribution in [0.15, 0.2) is 72.9 Å². The standard InChI is InChI=1S/C26H28FN3O2.C6H8O7/c1-20(31)29-26(23-10-3-4-11-24(23)27)13-16-30(17-14-26)18-21-8-2-5-12-25(21)32-19-22-9-6-7-15-28-22;7-3(8)1-6(13,5(11)12)2-4(9)10/h2-12,15H,13-14,16-19H2,1H3,(H,29,31);13H,1-2H2,(H,7,8)(H,9,10)(H,11,12). The minimum Gasteiger partial charge on any atom is -0.487 e. The zero-order valence-electron chi connectivity index (χ0n) is 24.7. The lowest BCUT2D eigenvalue weighted by molar-refractivity contribution is -0.170. The molecule has 1 amide bonds. The SMILES string of the molecule is CC(=O)NC1(c2ccccc2F)CCN(Cc2ccccc2OCc2ccccn2)CC1.O=C(O)CC(O)(CC(=O)O)C(=O)O. The van der Waals surface area contributed by atoms with Gasteiger partial charge in [0.2, 0.25) is 5.91 Å². The highest BCUT2D eigenvalue weighted by molar-refractivity contribution is 5.88. The number of rotatable bonds is 12. The van der Waals surface area contributed by atoms with E-state index in [4.69, 9.17) is 25.2 Å². The first-order valence-electron chi connectivity index (χ1n) is 14.1. The molecule has 3 aromatic rings. The summed E-state index contributed by atoms with van der Waals surface area (Å²) in [4.78, 5) is 49.1. The molecule has 2 aromatic carbocycles. The maximum atomic E-state index is 14.6. The lowest BCUT2D eigenvalue weighted by atomic mass is 9.80. The molecule has 0 atom stereocenters. The van der Waals surface area contributed by atoms with Crippen LogP contribution in [0.2, 0.25) is 0 Å². The number of nitrogens with zero attached hydrogens (tertiary/aromatic N) is 2. The highest BCUT2D eigenvalue weighted by Crippen LogP contribution is 2.35. The van der Waals surface area contributed by atoms with Crippen LogP contribution in [-0.2, 0) is 37.9 Å². The van der Waals surface area contributed by atoms with Crippen molar-refractivity contribution in [2.45, 2.75) is 56.9 Å². The van der Waals surface area contributed by atoms with Crippen LogP contribution in [0.5, 0.6) is 5.75 Å². The Morgan fingerprint density at radius 3 is 2.09 bits per heavy atom. The number of aliphatic hydroxyl groups is 1. The Bertz CT molecular complexity index is 1460. The molecular weight excluding hydrogens is 589 g/mol. The predicted molar refractivity (Wildman–Crippen MR) is 159 cm³/mol. The number of benzene rings is 2. The summed E-state index contributed by atoms with van der Waals surface area (Å²) >= 11 is 0. The third-order valence-corrected chi connectivity index (χ3v) is 7.27. The second-order valence-electron chi connectivity index (χ2n) is 10.7. The fourth-order valence-corrected chi connectivity index (χ4v) is 5.11. The Balaban J connectivity index is 0.000000360. The molecule has 1 saturated heterocycles. The Morgan fingerprint density at radius 2 is 1.53 bits per heavy atom. The van der Waals surface area contributed by atoms with Crippen molar-refractivity contribution < 1.29 is 48.7 Å². The van der Waals surface area contributed by atoms with Crippen LogP contribution in [0.4, 0.5) is 4.39 Å². The maximum absolute atomic E-state index is 14.6. The molecule has 0 saturated carbocycles. The van der Waals surface area contributed by atoms with E-state index in [1.165, 1.54) is 13.0 Å². The molecule has 0 aliphatic carbocycles. The van der Waals surface area contributed by atoms with Crippen LogP contribution >= 0.6 is 0 Å². The van der Waals surface area contributed by atoms with E-state index in [1.54, 1.807) is 18.3 Å². The fourth-order valence-electron chi connectivity index (χ4n) is 5.11. The Labute approximate surface area is 259 Å². The van der Waals surface area contributed by atoms with Crippen molar-refractivity contribution in [3.63, 3.8) is 0 Å². The van der Waals surface area contributed by atoms with Crippen LogP contribution in [0.3, 0.4) is 0 Å². The number of pyridine rings is 1. The molecule has 240 valence electrons. The number of aromatic nitrogens is 1. The highest BCUT2D eigenvalue weighted by atomic mass is 19.1. The van der Waals surface area contributed by atoms with E-state index in [9.17, 15) is 23.6 Å². The molecule has 13 heteroatoms. The van der Waals surface area contributed by atoms with Gasteiger partial charge in [-0.15, -0.1) is 0 Å². The molecular formula is C32H36FN3O9. The average Bonchev–Trinajstić information content (AvgIpc) is 2.98. The molecule has 4 rings (SSSR count). The van der Waals surface area contributed by atoms with Crippen LogP contribution < -0.4 is 10.1 Å². The monoisotopic (exact) mass is 625 g/mol. The van der Waals surface area contributed by atoms with Gasteiger partial charge in [0.25, 0.3) is 0 Å². The topological polar surface area (TPSA) is 187 Å². The van der Waals surface area contributed by atoms with Gasteiger partial charge in [-0.3, -0.25) is 24.3 Å². The van der Waals surface area contributed by atoms with E-state index < -0.39 is 41.9 Å². The van der Waals surface area contributed by atoms with Gasteiger partial charge in [0.05, 0.1) is 24.1 Å². The van der Waals surface area contributed by atoms with Crippen LogP contribution in [0.1, 0.15) is 49.4 Å². The van der Waals surface area contributed by atoms with Crippen LogP contribution in [0, 0.1) is 5.82 Å². The molecule has 0 radical (unpaired) electrons. The minimum atomic E-state index is -2.74. The lowest BCUT2D eigenvalue weighted by Gasteiger charge is -2.43. The number of amides is 1. The normalized spacial score (nSPS) is 14.4. The molecule has 2 heterocycles. The number of carbonyl (C=O) groups excluding carboxylic acids is 1. The van der Waals surface area contributed by atoms with Gasteiger partial charge in [0, 0.05) is 43.9 Å². The molecule has 5 N–H and O–H groups in total. The van der Waals surface area contributed by atoms with Crippen LogP contribution in [0.25, 0.3) is 0 Å². The summed E-state index contributed by atoms with van der Waals surface area (Å²) in [6.07, 6.45) is 0.757. The number of para-hydroxylation sites is 1. The summed E-state index contributed by atoms with van der Waals surface area (Å²) in [7, 11) is 0. The fraction of sp³-hybridized carbons (Fsp3) is 0.344. The highest BCUT2D eigenvalue weighted by Gasteiger charge is 2.41. The molecule has 1 aliphatic rings. The van der Waals surface area contributed by atoms with Crippen LogP contribution in [-0.4, -0.2) is 72.8 Å². The van der Waals surface area contributed by atoms with E-state index in [0.29, 0.717) is 25.0 Å². The van der Waals surface area contributed by atoms with Crippen molar-refractivity contribution in [1.29, 1.82) is 0 Å². The third kappa shape index (κ3) is 10.1. The summed E-state index contributed by atoms with van der Waals surface area (Å²) in [6.45, 7) is 4.11. The first-order valence-corrected chi connectivity index (χ1v) is 14.1. The number of ether oxygens (including phenoxy) is 1. The zero-order valence-corrected chi connectivity index (χ0v) is 24.7. The molecule has 0 spiro atoms. The molecule has 1 aliphatic heterocycles. The Hall–Kier alpha value is -4.88. The summed E-state index contributed by atoms with van der Waals surface area (Å²) in [6, 6.07) is 20.5. The van der Waals surface area contributed by atoms with Gasteiger partial charge in [-0.25, -0.2) is 9.18 Å². The lowest BCUT2D eigenvalue weighted by Crippen LogP contribution is -2.52. The maximum Gasteiger partial charge on any atom is 0.336 e. The van der Waals surface area contributed by atoms with Crippen molar-refractivity contribution in [2.75, 3.05) is 13.1 Å². The number of piperidine rings is 1. The minimum absolute atomic E-state index is 0.144. The van der Waals surface area contributed by atoms with Crippen molar-refractivity contribution in [3.05, 3.63) is 95.6 Å². The number of hydrogen-bond donors (Lipinski definition) is 5. The number of likely N-dealkylation sites (tertiary alicyclic amines) is 1. The van der Waals surface area contributed by atoms with Gasteiger partial charge in [-0.1, -0.05) is 42.5 Å². The van der Waals surface area contributed by atoms with Crippen molar-refractivity contribution >= 4 is 23.8 Å². The van der Waals surface area contributed by atoms with Gasteiger partial charge in [-0.2, -0.15) is 0 Å². The molecule has 45 heavy (non-hydrogen) atoms. The Kier molecular flexibility index (Phi) is 12.1. The first-order chi connectivity index (χ1) is 21.3. The molecule has 0 bridgehead atoms. The third-order valence-electron chi connectivity index (χ3n) is 7.27. The number of carbonyl (C=O) groups is 4. The van der Waals surface area contributed by atoms with E-state index in [0.717, 1.165) is 36.6 Å². The number of hydrogen-bond acceptors (Lipinski definition) is 8. The predicted octanol–water partition coefficient (Wildman–Crippen LogP) is 3.18. The number of carboxylic acid groups (broad SMARTS) is 3. The molecule has 1 fully saturated rings. The molecule has 1 aromatic heterocycles. The van der Waals surface area contributed by atoms with E-state index in [-0.39, 0.29) is 11.7 Å². The summed E-state index contributed by atoms with van der Waals surface area (Å²) in [5, 5.41) is 36.9. The number of nitrogens with one attached hydrogen (secondary N) is 1.